The van der Waals surface area contributed by atoms with Crippen molar-refractivity contribution < 1.29 is 33.0 Å². The van der Waals surface area contributed by atoms with E-state index in [4.69, 9.17) is 18.3 Å². The third kappa shape index (κ3) is 5.87. The summed E-state index contributed by atoms with van der Waals surface area (Å²) in [4.78, 5) is 20.0. The lowest BCUT2D eigenvalue weighted by molar-refractivity contribution is -0.339. The van der Waals surface area contributed by atoms with Gasteiger partial charge in [-0.25, -0.2) is 0 Å². The van der Waals surface area contributed by atoms with Crippen molar-refractivity contribution in [1.82, 2.24) is 0 Å². The van der Waals surface area contributed by atoms with Crippen molar-refractivity contribution in [2.24, 2.45) is 5.92 Å². The molecule has 0 aromatic rings. The normalized spacial score (nSPS) is 36.3. The third-order valence-corrected chi connectivity index (χ3v) is 5.73. The Bertz CT molecular complexity index is 380. The second kappa shape index (κ2) is 7.58. The summed E-state index contributed by atoms with van der Waals surface area (Å²) in [6.45, 7) is 10.4. The van der Waals surface area contributed by atoms with E-state index in [0.29, 0.717) is 6.42 Å². The first-order valence-electron chi connectivity index (χ1n) is 8.00. The molecule has 1 heterocycles. The molecule has 138 valence electrons. The fourth-order valence-electron chi connectivity index (χ4n) is 2.81. The van der Waals surface area contributed by atoms with Crippen molar-refractivity contribution >= 4 is 17.1 Å². The predicted molar refractivity (Wildman–Crippen MR) is 90.3 cm³/mol. The summed E-state index contributed by atoms with van der Waals surface area (Å²) in [5.41, 5.74) is 0. The molecule has 3 unspecified atom stereocenters. The molecule has 9 heteroatoms. The number of rotatable bonds is 7. The van der Waals surface area contributed by atoms with Crippen LogP contribution in [0.2, 0.25) is 26.2 Å². The van der Waals surface area contributed by atoms with Gasteiger partial charge in [-0.05, 0) is 39.5 Å². The van der Waals surface area contributed by atoms with E-state index in [1.54, 1.807) is 33.1 Å². The van der Waals surface area contributed by atoms with Gasteiger partial charge in [-0.15, -0.1) is 0 Å². The van der Waals surface area contributed by atoms with E-state index in [-0.39, 0.29) is 12.5 Å². The van der Waals surface area contributed by atoms with Crippen LogP contribution in [-0.2, 0) is 18.3 Å². The standard InChI is InChI=1S/C14H32O7Si2/c1-8-10-11(9-19-22(4,5)16)20-14(2,18-3)13(12(10)15)21-23(6,7)17/h10-13,15-17H,8-9H2,1-7H3/t10-,11?,12?,13?,14-/m1/s1. The summed E-state index contributed by atoms with van der Waals surface area (Å²) in [5.74, 6) is -1.44. The van der Waals surface area contributed by atoms with Crippen molar-refractivity contribution in [2.45, 2.75) is 70.6 Å². The lowest BCUT2D eigenvalue weighted by Crippen LogP contribution is -2.65. The molecule has 0 aliphatic carbocycles. The Hall–Kier alpha value is 0.154. The van der Waals surface area contributed by atoms with E-state index in [0.717, 1.165) is 0 Å². The highest BCUT2D eigenvalue weighted by Crippen LogP contribution is 2.38. The fourth-order valence-corrected chi connectivity index (χ4v) is 4.36. The zero-order valence-corrected chi connectivity index (χ0v) is 17.2. The summed E-state index contributed by atoms with van der Waals surface area (Å²) in [6.07, 6.45) is -1.44. The topological polar surface area (TPSA) is 97.6 Å². The van der Waals surface area contributed by atoms with Crippen LogP contribution in [0, 0.1) is 5.92 Å². The Morgan fingerprint density at radius 3 is 2.09 bits per heavy atom. The van der Waals surface area contributed by atoms with E-state index in [9.17, 15) is 14.7 Å². The zero-order chi connectivity index (χ0) is 18.1. The molecule has 0 spiro atoms. The Kier molecular flexibility index (Phi) is 6.99. The van der Waals surface area contributed by atoms with Gasteiger partial charge in [-0.2, -0.15) is 0 Å². The molecule has 0 aromatic carbocycles. The van der Waals surface area contributed by atoms with Gasteiger partial charge in [-0.1, -0.05) is 6.92 Å². The van der Waals surface area contributed by atoms with Crippen LogP contribution in [0.3, 0.4) is 0 Å². The molecule has 0 bridgehead atoms. The molecule has 23 heavy (non-hydrogen) atoms. The van der Waals surface area contributed by atoms with Gasteiger partial charge in [-0.3, -0.25) is 0 Å². The Labute approximate surface area is 141 Å². The van der Waals surface area contributed by atoms with Gasteiger partial charge in [0.1, 0.15) is 6.10 Å². The number of ether oxygens (including phenoxy) is 2. The van der Waals surface area contributed by atoms with Crippen molar-refractivity contribution in [3.8, 4) is 0 Å². The minimum Gasteiger partial charge on any atom is -0.411 e. The smallest absolute Gasteiger partial charge is 0.329 e. The molecule has 1 rings (SSSR count). The molecule has 0 saturated carbocycles. The lowest BCUT2D eigenvalue weighted by atomic mass is 9.84. The summed E-state index contributed by atoms with van der Waals surface area (Å²) in [5, 5.41) is 10.8. The summed E-state index contributed by atoms with van der Waals surface area (Å²) < 4.78 is 22.8. The number of hydrogen-bond acceptors (Lipinski definition) is 7. The van der Waals surface area contributed by atoms with E-state index in [1.165, 1.54) is 7.11 Å². The summed E-state index contributed by atoms with van der Waals surface area (Å²) in [7, 11) is -4.10. The van der Waals surface area contributed by atoms with Crippen LogP contribution < -0.4 is 0 Å². The first-order chi connectivity index (χ1) is 10.3. The first-order valence-corrected chi connectivity index (χ1v) is 13.7. The molecule has 0 aromatic heterocycles. The monoisotopic (exact) mass is 368 g/mol. The van der Waals surface area contributed by atoms with Gasteiger partial charge in [0.25, 0.3) is 0 Å². The molecule has 5 atom stereocenters. The van der Waals surface area contributed by atoms with Gasteiger partial charge in [0.05, 0.1) is 18.8 Å². The summed E-state index contributed by atoms with van der Waals surface area (Å²) >= 11 is 0. The van der Waals surface area contributed by atoms with Gasteiger partial charge >= 0.3 is 17.1 Å². The molecule has 0 radical (unpaired) electrons. The summed E-state index contributed by atoms with van der Waals surface area (Å²) in [6, 6.07) is 0. The highest BCUT2D eigenvalue weighted by molar-refractivity contribution is 6.63. The second-order valence-corrected chi connectivity index (χ2v) is 13.5. The number of aliphatic hydroxyl groups excluding tert-OH is 1. The van der Waals surface area contributed by atoms with E-state index < -0.39 is 41.2 Å². The van der Waals surface area contributed by atoms with Crippen LogP contribution in [0.25, 0.3) is 0 Å². The molecular weight excluding hydrogens is 336 g/mol. The molecule has 1 saturated heterocycles. The molecule has 1 fully saturated rings. The van der Waals surface area contributed by atoms with Crippen LogP contribution in [0.1, 0.15) is 20.3 Å². The van der Waals surface area contributed by atoms with E-state index >= 15 is 0 Å². The molecular formula is C14H32O7Si2. The van der Waals surface area contributed by atoms with Gasteiger partial charge < -0.3 is 33.0 Å². The van der Waals surface area contributed by atoms with Crippen LogP contribution in [0.4, 0.5) is 0 Å². The molecule has 1 aliphatic rings. The number of hydrogen-bond donors (Lipinski definition) is 3. The maximum atomic E-state index is 10.8. The predicted octanol–water partition coefficient (Wildman–Crippen LogP) is 0.925. The van der Waals surface area contributed by atoms with E-state index in [1.807, 2.05) is 6.92 Å². The quantitative estimate of drug-likeness (QED) is 0.575. The van der Waals surface area contributed by atoms with Crippen LogP contribution in [0.15, 0.2) is 0 Å². The zero-order valence-electron chi connectivity index (χ0n) is 15.2. The van der Waals surface area contributed by atoms with Crippen LogP contribution in [-0.4, -0.2) is 69.6 Å². The van der Waals surface area contributed by atoms with E-state index in [2.05, 4.69) is 0 Å². The Balaban J connectivity index is 3.00. The van der Waals surface area contributed by atoms with Gasteiger partial charge in [0, 0.05) is 13.0 Å². The Morgan fingerprint density at radius 1 is 1.13 bits per heavy atom. The SMILES string of the molecule is CC[C@@H]1C(CO[Si](C)(C)O)O[C@@](C)(OC)C(O[Si](C)(C)O)C1O. The second-order valence-electron chi connectivity index (χ2n) is 7.18. The fraction of sp³-hybridized carbons (Fsp3) is 1.00. The third-order valence-electron chi connectivity index (χ3n) is 4.02. The molecule has 1 aliphatic heterocycles. The maximum absolute atomic E-state index is 10.8. The highest BCUT2D eigenvalue weighted by Gasteiger charge is 2.54. The Morgan fingerprint density at radius 2 is 1.70 bits per heavy atom. The minimum absolute atomic E-state index is 0.177. The minimum atomic E-state index is -2.89. The molecule has 3 N–H and O–H groups in total. The number of methoxy groups -OCH3 is 1. The first kappa shape index (κ1) is 21.2. The molecule has 7 nitrogen and oxygen atoms in total. The maximum Gasteiger partial charge on any atom is 0.329 e. The van der Waals surface area contributed by atoms with Crippen molar-refractivity contribution in [3.05, 3.63) is 0 Å². The number of aliphatic hydroxyl groups is 1. The lowest BCUT2D eigenvalue weighted by Gasteiger charge is -2.50. The van der Waals surface area contributed by atoms with Gasteiger partial charge in [0.15, 0.2) is 5.79 Å². The van der Waals surface area contributed by atoms with Crippen LogP contribution in [0.5, 0.6) is 0 Å². The average Bonchev–Trinajstić information content (AvgIpc) is 2.39. The molecule has 0 amide bonds. The average molecular weight is 369 g/mol. The highest BCUT2D eigenvalue weighted by atomic mass is 28.4. The van der Waals surface area contributed by atoms with Crippen molar-refractivity contribution in [2.75, 3.05) is 13.7 Å². The van der Waals surface area contributed by atoms with Crippen molar-refractivity contribution in [3.63, 3.8) is 0 Å². The van der Waals surface area contributed by atoms with Crippen LogP contribution >= 0.6 is 0 Å². The van der Waals surface area contributed by atoms with Crippen molar-refractivity contribution in [1.29, 1.82) is 0 Å². The van der Waals surface area contributed by atoms with Gasteiger partial charge in [0.2, 0.25) is 0 Å². The largest absolute Gasteiger partial charge is 0.411 e.